The summed E-state index contributed by atoms with van der Waals surface area (Å²) < 4.78 is 0. The van der Waals surface area contributed by atoms with Crippen molar-refractivity contribution in [2.24, 2.45) is 0 Å². The zero-order valence-electron chi connectivity index (χ0n) is 10.1. The van der Waals surface area contributed by atoms with Gasteiger partial charge < -0.3 is 10.4 Å². The van der Waals surface area contributed by atoms with Gasteiger partial charge in [0, 0.05) is 0 Å². The number of aromatic hydroxyl groups is 1. The molecule has 0 radical (unpaired) electrons. The van der Waals surface area contributed by atoms with E-state index >= 15 is 0 Å². The van der Waals surface area contributed by atoms with Gasteiger partial charge in [0.15, 0.2) is 0 Å². The van der Waals surface area contributed by atoms with Crippen molar-refractivity contribution in [3.63, 3.8) is 0 Å². The third-order valence-corrected chi connectivity index (χ3v) is 2.80. The maximum absolute atomic E-state index is 12.0. The highest BCUT2D eigenvalue weighted by Crippen LogP contribution is 2.17. The fraction of sp³-hybridized carbons (Fsp3) is 0.133. The monoisotopic (exact) mass is 241 g/mol. The molecular weight excluding hydrogens is 226 g/mol. The summed E-state index contributed by atoms with van der Waals surface area (Å²) in [7, 11) is 0. The first-order valence-electron chi connectivity index (χ1n) is 5.82. The molecule has 3 heteroatoms. The van der Waals surface area contributed by atoms with E-state index in [1.807, 2.05) is 37.3 Å². The second kappa shape index (κ2) is 5.36. The molecule has 2 aromatic rings. The average molecular weight is 241 g/mol. The highest BCUT2D eigenvalue weighted by atomic mass is 16.3. The van der Waals surface area contributed by atoms with Gasteiger partial charge in [-0.1, -0.05) is 42.5 Å². The van der Waals surface area contributed by atoms with Gasteiger partial charge in [-0.2, -0.15) is 0 Å². The van der Waals surface area contributed by atoms with E-state index < -0.39 is 0 Å². The number of hydrogen-bond acceptors (Lipinski definition) is 2. The van der Waals surface area contributed by atoms with Crippen LogP contribution in [0.1, 0.15) is 28.9 Å². The third kappa shape index (κ3) is 2.69. The van der Waals surface area contributed by atoms with E-state index in [0.717, 1.165) is 5.56 Å². The van der Waals surface area contributed by atoms with E-state index in [1.165, 1.54) is 6.07 Å². The second-order valence-electron chi connectivity index (χ2n) is 4.12. The summed E-state index contributed by atoms with van der Waals surface area (Å²) >= 11 is 0. The van der Waals surface area contributed by atoms with Crippen molar-refractivity contribution < 1.29 is 9.90 Å². The third-order valence-electron chi connectivity index (χ3n) is 2.80. The van der Waals surface area contributed by atoms with E-state index in [1.54, 1.807) is 18.2 Å². The first-order valence-corrected chi connectivity index (χ1v) is 5.82. The quantitative estimate of drug-likeness (QED) is 0.868. The molecule has 0 aliphatic carbocycles. The molecule has 0 aliphatic rings. The van der Waals surface area contributed by atoms with Crippen molar-refractivity contribution in [1.82, 2.24) is 5.32 Å². The molecule has 2 aromatic carbocycles. The van der Waals surface area contributed by atoms with Crippen LogP contribution in [-0.2, 0) is 0 Å². The number of hydrogen-bond donors (Lipinski definition) is 2. The minimum absolute atomic E-state index is 0.00439. The Bertz CT molecular complexity index is 537. The molecule has 2 N–H and O–H groups in total. The number of benzene rings is 2. The van der Waals surface area contributed by atoms with E-state index in [4.69, 9.17) is 0 Å². The molecule has 0 unspecified atom stereocenters. The van der Waals surface area contributed by atoms with Gasteiger partial charge in [-0.15, -0.1) is 0 Å². The van der Waals surface area contributed by atoms with Crippen LogP contribution in [0.2, 0.25) is 0 Å². The fourth-order valence-corrected chi connectivity index (χ4v) is 1.77. The van der Waals surface area contributed by atoms with Gasteiger partial charge in [0.2, 0.25) is 0 Å². The summed E-state index contributed by atoms with van der Waals surface area (Å²) in [5.41, 5.74) is 1.32. The molecule has 0 fully saturated rings. The van der Waals surface area contributed by atoms with Gasteiger partial charge in [0.05, 0.1) is 11.6 Å². The molecule has 0 bridgehead atoms. The van der Waals surface area contributed by atoms with E-state index in [0.29, 0.717) is 5.56 Å². The summed E-state index contributed by atoms with van der Waals surface area (Å²) in [6.07, 6.45) is 0. The smallest absolute Gasteiger partial charge is 0.255 e. The number of carbonyl (C=O) groups is 1. The van der Waals surface area contributed by atoms with Crippen LogP contribution >= 0.6 is 0 Å². The molecule has 18 heavy (non-hydrogen) atoms. The number of amides is 1. The Labute approximate surface area is 106 Å². The Kier molecular flexibility index (Phi) is 3.63. The molecule has 92 valence electrons. The van der Waals surface area contributed by atoms with Crippen LogP contribution in [0.25, 0.3) is 0 Å². The molecule has 0 saturated heterocycles. The van der Waals surface area contributed by atoms with Gasteiger partial charge in [-0.25, -0.2) is 0 Å². The van der Waals surface area contributed by atoms with Gasteiger partial charge in [0.25, 0.3) is 5.91 Å². The molecule has 3 nitrogen and oxygen atoms in total. The highest BCUT2D eigenvalue weighted by Gasteiger charge is 2.13. The zero-order valence-corrected chi connectivity index (χ0v) is 10.1. The summed E-state index contributed by atoms with van der Waals surface area (Å²) in [6.45, 7) is 1.91. The lowest BCUT2D eigenvalue weighted by Gasteiger charge is -2.14. The molecule has 0 heterocycles. The van der Waals surface area contributed by atoms with Gasteiger partial charge in [-0.05, 0) is 24.6 Å². The van der Waals surface area contributed by atoms with E-state index in [-0.39, 0.29) is 17.7 Å². The van der Waals surface area contributed by atoms with Crippen LogP contribution in [0.4, 0.5) is 0 Å². The van der Waals surface area contributed by atoms with Crippen LogP contribution in [0, 0.1) is 0 Å². The maximum Gasteiger partial charge on any atom is 0.255 e. The molecule has 0 saturated carbocycles. The largest absolute Gasteiger partial charge is 0.507 e. The Balaban J connectivity index is 2.11. The molecular formula is C15H15NO2. The topological polar surface area (TPSA) is 49.3 Å². The lowest BCUT2D eigenvalue weighted by molar-refractivity contribution is 0.0937. The SMILES string of the molecule is C[C@@H](NC(=O)c1ccccc1O)c1ccccc1. The Morgan fingerprint density at radius 1 is 1.06 bits per heavy atom. The fourth-order valence-electron chi connectivity index (χ4n) is 1.77. The number of carbonyl (C=O) groups excluding carboxylic acids is 1. The van der Waals surface area contributed by atoms with Crippen LogP contribution < -0.4 is 5.32 Å². The predicted molar refractivity (Wildman–Crippen MR) is 70.4 cm³/mol. The van der Waals surface area contributed by atoms with Crippen LogP contribution in [-0.4, -0.2) is 11.0 Å². The standard InChI is InChI=1S/C15H15NO2/c1-11(12-7-3-2-4-8-12)16-15(18)13-9-5-6-10-14(13)17/h2-11,17H,1H3,(H,16,18)/t11-/m1/s1. The van der Waals surface area contributed by atoms with E-state index in [9.17, 15) is 9.90 Å². The molecule has 2 rings (SSSR count). The molecule has 1 atom stereocenters. The highest BCUT2D eigenvalue weighted by molar-refractivity contribution is 5.96. The molecule has 0 spiro atoms. The summed E-state index contributed by atoms with van der Waals surface area (Å²) in [5.74, 6) is -0.278. The zero-order chi connectivity index (χ0) is 13.0. The van der Waals surface area contributed by atoms with Crippen molar-refractivity contribution >= 4 is 5.91 Å². The van der Waals surface area contributed by atoms with Crippen LogP contribution in [0.3, 0.4) is 0 Å². The first-order chi connectivity index (χ1) is 8.68. The Morgan fingerprint density at radius 3 is 2.33 bits per heavy atom. The number of phenols is 1. The molecule has 0 aromatic heterocycles. The minimum Gasteiger partial charge on any atom is -0.507 e. The van der Waals surface area contributed by atoms with Gasteiger partial charge in [0.1, 0.15) is 5.75 Å². The predicted octanol–water partition coefficient (Wildman–Crippen LogP) is 2.88. The van der Waals surface area contributed by atoms with Gasteiger partial charge >= 0.3 is 0 Å². The summed E-state index contributed by atoms with van der Waals surface area (Å²) in [5, 5.41) is 12.5. The lowest BCUT2D eigenvalue weighted by Crippen LogP contribution is -2.26. The van der Waals surface area contributed by atoms with Crippen LogP contribution in [0.15, 0.2) is 54.6 Å². The minimum atomic E-state index is -0.274. The summed E-state index contributed by atoms with van der Waals surface area (Å²) in [4.78, 5) is 12.0. The number of phenolic OH excluding ortho intramolecular Hbond substituents is 1. The molecule has 1 amide bonds. The first kappa shape index (κ1) is 12.2. The van der Waals surface area contributed by atoms with Crippen molar-refractivity contribution in [1.29, 1.82) is 0 Å². The van der Waals surface area contributed by atoms with Crippen molar-refractivity contribution in [3.05, 3.63) is 65.7 Å². The number of nitrogens with one attached hydrogen (secondary N) is 1. The Hall–Kier alpha value is -2.29. The van der Waals surface area contributed by atoms with Crippen molar-refractivity contribution in [2.75, 3.05) is 0 Å². The summed E-state index contributed by atoms with van der Waals surface area (Å²) in [6, 6.07) is 16.1. The second-order valence-corrected chi connectivity index (χ2v) is 4.12. The normalized spacial score (nSPS) is 11.8. The average Bonchev–Trinajstić information content (AvgIpc) is 2.40. The van der Waals surface area contributed by atoms with Gasteiger partial charge in [-0.3, -0.25) is 4.79 Å². The molecule has 0 aliphatic heterocycles. The number of rotatable bonds is 3. The maximum atomic E-state index is 12.0. The van der Waals surface area contributed by atoms with E-state index in [2.05, 4.69) is 5.32 Å². The Morgan fingerprint density at radius 2 is 1.67 bits per heavy atom. The van der Waals surface area contributed by atoms with Crippen molar-refractivity contribution in [3.8, 4) is 5.75 Å². The van der Waals surface area contributed by atoms with Crippen molar-refractivity contribution in [2.45, 2.75) is 13.0 Å². The number of para-hydroxylation sites is 1. The van der Waals surface area contributed by atoms with Crippen LogP contribution in [0.5, 0.6) is 5.75 Å². The lowest BCUT2D eigenvalue weighted by atomic mass is 10.1.